The predicted molar refractivity (Wildman–Crippen MR) is 212 cm³/mol. The Morgan fingerprint density at radius 3 is 1.59 bits per heavy atom. The van der Waals surface area contributed by atoms with Crippen LogP contribution in [0.2, 0.25) is 0 Å². The first-order valence-corrected chi connectivity index (χ1v) is 19.5. The quantitative estimate of drug-likeness (QED) is 0.0885. The molecule has 0 unspecified atom stereocenters. The lowest BCUT2D eigenvalue weighted by atomic mass is 10.00. The third-order valence-electron chi connectivity index (χ3n) is 9.15. The zero-order valence-electron chi connectivity index (χ0n) is 33.4. The molecule has 0 saturated carbocycles. The second-order valence-electron chi connectivity index (χ2n) is 14.5. The van der Waals surface area contributed by atoms with Crippen molar-refractivity contribution < 1.29 is 43.5 Å². The maximum absolute atomic E-state index is 14.1. The molecule has 21 nitrogen and oxygen atoms in total. The first-order valence-electron chi connectivity index (χ1n) is 19.5. The van der Waals surface area contributed by atoms with Crippen LogP contribution in [0.15, 0.2) is 30.3 Å². The van der Waals surface area contributed by atoms with E-state index in [2.05, 4.69) is 42.5 Å². The largest absolute Gasteiger partial charge is 0.391 e. The summed E-state index contributed by atoms with van der Waals surface area (Å²) >= 11 is 0. The van der Waals surface area contributed by atoms with Crippen LogP contribution in [0.5, 0.6) is 0 Å². The van der Waals surface area contributed by atoms with Crippen LogP contribution in [0.25, 0.3) is 0 Å². The first kappa shape index (κ1) is 48.9. The van der Waals surface area contributed by atoms with Crippen molar-refractivity contribution in [3.05, 3.63) is 35.9 Å². The minimum absolute atomic E-state index is 0.0249. The third kappa shape index (κ3) is 16.3. The van der Waals surface area contributed by atoms with Crippen LogP contribution in [0, 0.1) is 5.92 Å². The average Bonchev–Trinajstić information content (AvgIpc) is 3.17. The number of hydrogen-bond donors (Lipinski definition) is 13. The lowest BCUT2D eigenvalue weighted by Gasteiger charge is -2.28. The van der Waals surface area contributed by atoms with Gasteiger partial charge in [-0.25, -0.2) is 0 Å². The second-order valence-corrected chi connectivity index (χ2v) is 14.5. The highest BCUT2D eigenvalue weighted by Crippen LogP contribution is 2.10. The van der Waals surface area contributed by atoms with Crippen LogP contribution < -0.4 is 65.5 Å². The Balaban J connectivity index is 2.66. The number of amides is 8. The van der Waals surface area contributed by atoms with Crippen LogP contribution >= 0.6 is 0 Å². The van der Waals surface area contributed by atoms with Gasteiger partial charge in [-0.05, 0) is 70.1 Å². The summed E-state index contributed by atoms with van der Waals surface area (Å²) in [6.45, 7) is 3.92. The van der Waals surface area contributed by atoms with E-state index in [1.54, 1.807) is 30.3 Å². The van der Waals surface area contributed by atoms with Crippen molar-refractivity contribution in [3.8, 4) is 0 Å². The van der Waals surface area contributed by atoms with Crippen LogP contribution in [0.4, 0.5) is 0 Å². The normalized spacial score (nSPS) is 25.5. The standard InChI is InChI=1S/C37H62N12O9/c1-20(2)17-27-35(56)46-23(9-13-38)31(52)45-25(11-15-40)34(55)49-30(21(3)50)37(58)42-16-12-26(43-29(51)19-41)33(54)44-24(10-14-39)32(53)48-28(36(57)47-27)18-22-7-5-4-6-8-22/h4-8,20-21,23-28,30,50H,9-19,38-41H2,1-3H3,(H,42,58)(H,43,51)(H,44,54)(H,45,52)(H,46,56)(H,47,57)(H,48,53)(H,49,55)/t21-,23+,24+,25+,26+,27+,28-,30+/m1/s1. The maximum Gasteiger partial charge on any atom is 0.245 e. The van der Waals surface area contributed by atoms with Gasteiger partial charge >= 0.3 is 0 Å². The topological polar surface area (TPSA) is 357 Å². The van der Waals surface area contributed by atoms with Gasteiger partial charge in [0.1, 0.15) is 42.3 Å². The molecule has 1 aliphatic heterocycles. The van der Waals surface area contributed by atoms with E-state index in [4.69, 9.17) is 22.9 Å². The molecule has 58 heavy (non-hydrogen) atoms. The third-order valence-corrected chi connectivity index (χ3v) is 9.15. The molecule has 1 aromatic carbocycles. The Morgan fingerprint density at radius 1 is 0.655 bits per heavy atom. The molecule has 8 amide bonds. The Hall–Kier alpha value is -5.22. The van der Waals surface area contributed by atoms with E-state index in [0.29, 0.717) is 5.56 Å². The minimum atomic E-state index is -1.54. The zero-order chi connectivity index (χ0) is 43.4. The molecule has 17 N–H and O–H groups in total. The van der Waals surface area contributed by atoms with Gasteiger partial charge in [-0.1, -0.05) is 44.2 Å². The fourth-order valence-electron chi connectivity index (χ4n) is 6.06. The molecule has 0 bridgehead atoms. The number of aliphatic hydroxyl groups excluding tert-OH is 1. The summed E-state index contributed by atoms with van der Waals surface area (Å²) in [6, 6.07) is -0.539. The van der Waals surface area contributed by atoms with Crippen LogP contribution in [0.1, 0.15) is 58.4 Å². The van der Waals surface area contributed by atoms with E-state index >= 15 is 0 Å². The number of carbonyl (C=O) groups is 8. The Kier molecular flexibility index (Phi) is 21.3. The lowest BCUT2D eigenvalue weighted by molar-refractivity contribution is -0.136. The van der Waals surface area contributed by atoms with Crippen LogP contribution in [-0.2, 0) is 44.8 Å². The molecule has 1 saturated heterocycles. The highest BCUT2D eigenvalue weighted by atomic mass is 16.3. The molecule has 1 fully saturated rings. The summed E-state index contributed by atoms with van der Waals surface area (Å²) in [5, 5.41) is 30.9. The molecule has 2 rings (SSSR count). The summed E-state index contributed by atoms with van der Waals surface area (Å²) in [4.78, 5) is 108. The molecular formula is C37H62N12O9. The van der Waals surface area contributed by atoms with Gasteiger partial charge in [0.2, 0.25) is 47.3 Å². The molecule has 1 aliphatic rings. The fourth-order valence-corrected chi connectivity index (χ4v) is 6.06. The van der Waals surface area contributed by atoms with Gasteiger partial charge in [-0.15, -0.1) is 0 Å². The Bertz CT molecular complexity index is 1550. The SMILES string of the molecule is CC(C)C[C@@H]1NC(=O)[C@@H](Cc2ccccc2)NC(=O)[C@H](CCN)NC(=O)[C@@H](NC(=O)CN)CCNC(=O)[C@H]([C@@H](C)O)NC(=O)[C@H](CCN)NC(=O)[C@H](CCN)NC1=O. The van der Waals surface area contributed by atoms with Gasteiger partial charge in [-0.2, -0.15) is 0 Å². The first-order chi connectivity index (χ1) is 27.5. The number of nitrogens with one attached hydrogen (secondary N) is 8. The molecule has 0 aromatic heterocycles. The van der Waals surface area contributed by atoms with Crippen molar-refractivity contribution in [2.24, 2.45) is 28.9 Å². The summed E-state index contributed by atoms with van der Waals surface area (Å²) in [6.07, 6.45) is -1.84. The summed E-state index contributed by atoms with van der Waals surface area (Å²) in [7, 11) is 0. The molecule has 324 valence electrons. The Labute approximate surface area is 338 Å². The minimum Gasteiger partial charge on any atom is -0.391 e. The number of rotatable bonds is 13. The molecule has 21 heteroatoms. The average molecular weight is 819 g/mol. The highest BCUT2D eigenvalue weighted by molar-refractivity contribution is 5.98. The molecule has 0 radical (unpaired) electrons. The summed E-state index contributed by atoms with van der Waals surface area (Å²) < 4.78 is 0. The molecular weight excluding hydrogens is 756 g/mol. The summed E-state index contributed by atoms with van der Waals surface area (Å²) in [5.74, 6) is -6.53. The number of nitrogens with two attached hydrogens (primary N) is 4. The van der Waals surface area contributed by atoms with Gasteiger partial charge < -0.3 is 70.6 Å². The smallest absolute Gasteiger partial charge is 0.245 e. The monoisotopic (exact) mass is 818 g/mol. The lowest BCUT2D eigenvalue weighted by Crippen LogP contribution is -2.61. The van der Waals surface area contributed by atoms with Gasteiger partial charge in [-0.3, -0.25) is 38.4 Å². The maximum atomic E-state index is 14.1. The van der Waals surface area contributed by atoms with Crippen molar-refractivity contribution in [1.29, 1.82) is 0 Å². The zero-order valence-corrected chi connectivity index (χ0v) is 33.4. The molecule has 0 aliphatic carbocycles. The van der Waals surface area contributed by atoms with E-state index in [1.807, 2.05) is 13.8 Å². The molecule has 8 atom stereocenters. The number of benzene rings is 1. The molecule has 0 spiro atoms. The van der Waals surface area contributed by atoms with E-state index < -0.39 is 102 Å². The number of carbonyl (C=O) groups excluding carboxylic acids is 8. The van der Waals surface area contributed by atoms with Crippen molar-refractivity contribution in [2.75, 3.05) is 32.7 Å². The van der Waals surface area contributed by atoms with Gasteiger partial charge in [0.15, 0.2) is 0 Å². The van der Waals surface area contributed by atoms with Gasteiger partial charge in [0.25, 0.3) is 0 Å². The van der Waals surface area contributed by atoms with Crippen molar-refractivity contribution >= 4 is 47.3 Å². The van der Waals surface area contributed by atoms with Crippen molar-refractivity contribution in [3.63, 3.8) is 0 Å². The molecule has 1 heterocycles. The van der Waals surface area contributed by atoms with Crippen LogP contribution in [0.3, 0.4) is 0 Å². The molecule has 1 aromatic rings. The van der Waals surface area contributed by atoms with E-state index in [0.717, 1.165) is 0 Å². The number of hydrogen-bond acceptors (Lipinski definition) is 13. The van der Waals surface area contributed by atoms with Gasteiger partial charge in [0, 0.05) is 13.0 Å². The summed E-state index contributed by atoms with van der Waals surface area (Å²) in [5.41, 5.74) is 23.5. The predicted octanol–water partition coefficient (Wildman–Crippen LogP) is -5.43. The van der Waals surface area contributed by atoms with E-state index in [1.165, 1.54) is 6.92 Å². The highest BCUT2D eigenvalue weighted by Gasteiger charge is 2.35. The Morgan fingerprint density at radius 2 is 1.10 bits per heavy atom. The fraction of sp³-hybridized carbons (Fsp3) is 0.622. The van der Waals surface area contributed by atoms with E-state index in [-0.39, 0.29) is 70.6 Å². The van der Waals surface area contributed by atoms with Crippen LogP contribution in [-0.4, -0.2) is 133 Å². The van der Waals surface area contributed by atoms with Crippen molar-refractivity contribution in [1.82, 2.24) is 42.5 Å². The second kappa shape index (κ2) is 25.2. The van der Waals surface area contributed by atoms with E-state index in [9.17, 15) is 43.5 Å². The van der Waals surface area contributed by atoms with Gasteiger partial charge in [0.05, 0.1) is 12.6 Å². The van der Waals surface area contributed by atoms with Crippen molar-refractivity contribution in [2.45, 2.75) is 108 Å². The number of aliphatic hydroxyl groups is 1.